The van der Waals surface area contributed by atoms with E-state index in [1.54, 1.807) is 25.1 Å². The molecule has 0 heterocycles. The van der Waals surface area contributed by atoms with Crippen LogP contribution in [0.5, 0.6) is 0 Å². The molecule has 0 aliphatic carbocycles. The van der Waals surface area contributed by atoms with E-state index in [1.165, 1.54) is 0 Å². The molecule has 0 saturated carbocycles. The largest absolute Gasteiger partial charge is 0.378 e. The molecular formula is C17H25N3O3S. The maximum atomic E-state index is 12.3. The van der Waals surface area contributed by atoms with E-state index in [0.29, 0.717) is 11.1 Å². The van der Waals surface area contributed by atoms with Gasteiger partial charge in [0.05, 0.1) is 12.7 Å². The highest BCUT2D eigenvalue weighted by atomic mass is 32.2. The van der Waals surface area contributed by atoms with Crippen LogP contribution in [-0.4, -0.2) is 41.8 Å². The summed E-state index contributed by atoms with van der Waals surface area (Å²) in [7, 11) is -0.0208. The number of hydrogen-bond acceptors (Lipinski definition) is 5. The minimum absolute atomic E-state index is 0.0254. The molecule has 1 N–H and O–H groups in total. The molecule has 0 aromatic heterocycles. The lowest BCUT2D eigenvalue weighted by atomic mass is 10.1. The van der Waals surface area contributed by atoms with Crippen LogP contribution in [0.25, 0.3) is 5.57 Å². The number of nitrogens with one attached hydrogen (secondary N) is 1. The lowest BCUT2D eigenvalue weighted by Crippen LogP contribution is -2.29. The number of nitrogens with zero attached hydrogens (tertiary/aromatic N) is 2. The summed E-state index contributed by atoms with van der Waals surface area (Å²) in [5.74, 6) is 0. The van der Waals surface area contributed by atoms with E-state index in [-0.39, 0.29) is 24.2 Å². The smallest absolute Gasteiger partial charge is 0.251 e. The third-order valence-corrected chi connectivity index (χ3v) is 4.89. The molecule has 6 nitrogen and oxygen atoms in total. The van der Waals surface area contributed by atoms with Gasteiger partial charge in [-0.1, -0.05) is 12.1 Å². The predicted molar refractivity (Wildman–Crippen MR) is 97.0 cm³/mol. The van der Waals surface area contributed by atoms with Gasteiger partial charge in [0, 0.05) is 26.3 Å². The van der Waals surface area contributed by atoms with Gasteiger partial charge in [-0.2, -0.15) is 5.26 Å². The first-order valence-electron chi connectivity index (χ1n) is 7.69. The summed E-state index contributed by atoms with van der Waals surface area (Å²) in [4.78, 5) is 1.67. The topological polar surface area (TPSA) is 82.4 Å². The zero-order valence-electron chi connectivity index (χ0n) is 14.8. The summed E-state index contributed by atoms with van der Waals surface area (Å²) >= 11 is 0. The van der Waals surface area contributed by atoms with Crippen LogP contribution in [0.4, 0.5) is 5.69 Å². The van der Waals surface area contributed by atoms with Crippen molar-refractivity contribution < 1.29 is 13.2 Å². The Hall–Kier alpha value is -1.88. The van der Waals surface area contributed by atoms with E-state index < -0.39 is 10.0 Å². The van der Waals surface area contributed by atoms with Gasteiger partial charge in [-0.15, -0.1) is 0 Å². The van der Waals surface area contributed by atoms with Gasteiger partial charge >= 0.3 is 0 Å². The van der Waals surface area contributed by atoms with Crippen molar-refractivity contribution in [3.05, 3.63) is 34.7 Å². The number of ether oxygens (including phenoxy) is 1. The molecule has 0 aliphatic heterocycles. The Morgan fingerprint density at radius 3 is 2.33 bits per heavy atom. The van der Waals surface area contributed by atoms with Gasteiger partial charge in [0.1, 0.15) is 6.07 Å². The number of anilines is 1. The molecular weight excluding hydrogens is 326 g/mol. The quantitative estimate of drug-likeness (QED) is 0.574. The van der Waals surface area contributed by atoms with Crippen molar-refractivity contribution in [1.82, 2.24) is 4.72 Å². The standard InChI is InChI=1S/C17H25N3O3S/c1-13(2)23-11-10-19-24(21,22)17(12-18)14(3)15-6-8-16(9-7-15)20(4)5/h6-9,13,19H,10-11H2,1-5H3/b17-14+. The summed E-state index contributed by atoms with van der Waals surface area (Å²) in [5, 5.41) is 9.31. The maximum Gasteiger partial charge on any atom is 0.251 e. The van der Waals surface area contributed by atoms with Gasteiger partial charge < -0.3 is 9.64 Å². The number of hydrogen-bond donors (Lipinski definition) is 1. The number of allylic oxidation sites excluding steroid dienone is 2. The average molecular weight is 351 g/mol. The molecule has 0 bridgehead atoms. The Kier molecular flexibility index (Phi) is 7.42. The van der Waals surface area contributed by atoms with Crippen molar-refractivity contribution in [1.29, 1.82) is 5.26 Å². The SMILES string of the molecule is C/C(=C(/C#N)S(=O)(=O)NCCOC(C)C)c1ccc(N(C)C)cc1. The van der Waals surface area contributed by atoms with E-state index >= 15 is 0 Å². The summed E-state index contributed by atoms with van der Waals surface area (Å²) < 4.78 is 32.4. The molecule has 0 fully saturated rings. The van der Waals surface area contributed by atoms with Crippen LogP contribution >= 0.6 is 0 Å². The van der Waals surface area contributed by atoms with E-state index in [4.69, 9.17) is 4.74 Å². The monoisotopic (exact) mass is 351 g/mol. The van der Waals surface area contributed by atoms with Crippen LogP contribution in [0.1, 0.15) is 26.3 Å². The highest BCUT2D eigenvalue weighted by Gasteiger charge is 2.20. The van der Waals surface area contributed by atoms with Gasteiger partial charge in [0.2, 0.25) is 0 Å². The fourth-order valence-electron chi connectivity index (χ4n) is 2.03. The molecule has 0 atom stereocenters. The third-order valence-electron chi connectivity index (χ3n) is 3.37. The molecule has 1 rings (SSSR count). The van der Waals surface area contributed by atoms with Crippen LogP contribution in [0, 0.1) is 11.3 Å². The van der Waals surface area contributed by atoms with Crippen molar-refractivity contribution in [3.8, 4) is 6.07 Å². The second kappa shape index (κ2) is 8.83. The Bertz CT molecular complexity index is 714. The molecule has 0 spiro atoms. The lowest BCUT2D eigenvalue weighted by molar-refractivity contribution is 0.0834. The molecule has 0 radical (unpaired) electrons. The van der Waals surface area contributed by atoms with Crippen LogP contribution in [0.15, 0.2) is 29.2 Å². The van der Waals surface area contributed by atoms with Crippen molar-refractivity contribution in [3.63, 3.8) is 0 Å². The van der Waals surface area contributed by atoms with E-state index in [0.717, 1.165) is 5.69 Å². The number of rotatable bonds is 8. The molecule has 1 aromatic carbocycles. The molecule has 0 aliphatic rings. The van der Waals surface area contributed by atoms with Crippen molar-refractivity contribution >= 4 is 21.3 Å². The van der Waals surface area contributed by atoms with Crippen molar-refractivity contribution in [2.75, 3.05) is 32.1 Å². The zero-order chi connectivity index (χ0) is 18.3. The summed E-state index contributed by atoms with van der Waals surface area (Å²) in [6.07, 6.45) is 0.0254. The lowest BCUT2D eigenvalue weighted by Gasteiger charge is -2.14. The van der Waals surface area contributed by atoms with E-state index in [2.05, 4.69) is 4.72 Å². The third kappa shape index (κ3) is 5.64. The van der Waals surface area contributed by atoms with Crippen LogP contribution in [-0.2, 0) is 14.8 Å². The Morgan fingerprint density at radius 2 is 1.88 bits per heavy atom. The Balaban J connectivity index is 2.99. The minimum Gasteiger partial charge on any atom is -0.378 e. The molecule has 0 amide bonds. The predicted octanol–water partition coefficient (Wildman–Crippen LogP) is 2.35. The zero-order valence-corrected chi connectivity index (χ0v) is 15.6. The van der Waals surface area contributed by atoms with Gasteiger partial charge in [0.15, 0.2) is 4.91 Å². The van der Waals surface area contributed by atoms with E-state index in [1.807, 2.05) is 45.0 Å². The van der Waals surface area contributed by atoms with Crippen molar-refractivity contribution in [2.24, 2.45) is 0 Å². The first-order chi connectivity index (χ1) is 11.2. The van der Waals surface area contributed by atoms with Crippen molar-refractivity contribution in [2.45, 2.75) is 26.9 Å². The molecule has 132 valence electrons. The van der Waals surface area contributed by atoms with Crippen LogP contribution in [0.2, 0.25) is 0 Å². The number of sulfonamides is 1. The molecule has 7 heteroatoms. The number of nitriles is 1. The molecule has 1 aromatic rings. The highest BCUT2D eigenvalue weighted by Crippen LogP contribution is 2.23. The number of benzene rings is 1. The van der Waals surface area contributed by atoms with Crippen LogP contribution < -0.4 is 9.62 Å². The summed E-state index contributed by atoms with van der Waals surface area (Å²) in [6.45, 7) is 5.76. The van der Waals surface area contributed by atoms with Gasteiger partial charge in [-0.05, 0) is 44.0 Å². The second-order valence-corrected chi connectivity index (χ2v) is 7.53. The first-order valence-corrected chi connectivity index (χ1v) is 9.17. The van der Waals surface area contributed by atoms with E-state index in [9.17, 15) is 13.7 Å². The summed E-state index contributed by atoms with van der Waals surface area (Å²) in [6, 6.07) is 9.17. The van der Waals surface area contributed by atoms with Gasteiger partial charge in [0.25, 0.3) is 10.0 Å². The normalized spacial score (nSPS) is 12.7. The Labute approximate surface area is 144 Å². The molecule has 0 unspecified atom stereocenters. The van der Waals surface area contributed by atoms with Gasteiger partial charge in [-0.3, -0.25) is 0 Å². The van der Waals surface area contributed by atoms with Crippen LogP contribution in [0.3, 0.4) is 0 Å². The second-order valence-electron chi connectivity index (χ2n) is 5.82. The first kappa shape index (κ1) is 20.2. The molecule has 0 saturated heterocycles. The van der Waals surface area contributed by atoms with Gasteiger partial charge in [-0.25, -0.2) is 13.1 Å². The average Bonchev–Trinajstić information content (AvgIpc) is 2.51. The maximum absolute atomic E-state index is 12.3. The summed E-state index contributed by atoms with van der Waals surface area (Å²) in [5.41, 5.74) is 2.11. The fourth-order valence-corrected chi connectivity index (χ4v) is 3.17. The minimum atomic E-state index is -3.87. The highest BCUT2D eigenvalue weighted by molar-refractivity contribution is 7.93. The fraction of sp³-hybridized carbons (Fsp3) is 0.471. The Morgan fingerprint density at radius 1 is 1.29 bits per heavy atom. The molecule has 24 heavy (non-hydrogen) atoms.